The van der Waals surface area contributed by atoms with Crippen LogP contribution in [0.25, 0.3) is 0 Å². The number of nitrogens with one attached hydrogen (secondary N) is 1. The van der Waals surface area contributed by atoms with Gasteiger partial charge in [0.2, 0.25) is 5.78 Å². The Bertz CT molecular complexity index is 862. The Labute approximate surface area is 134 Å². The minimum atomic E-state index is -0.497. The Kier molecular flexibility index (Phi) is 4.03. The third kappa shape index (κ3) is 3.35. The maximum atomic E-state index is 13.2. The molecule has 7 heteroatoms. The molecule has 3 aromatic rings. The van der Waals surface area contributed by atoms with Gasteiger partial charge in [0, 0.05) is 11.3 Å². The van der Waals surface area contributed by atoms with Crippen LogP contribution in [0, 0.1) is 11.6 Å². The topological polar surface area (TPSA) is 68.0 Å². The quantitative estimate of drug-likeness (QED) is 0.710. The molecule has 1 heterocycles. The standard InChI is InChI=1S/C16H11F2N3OS/c17-10-4-6-12(7-5-10)20-16-21-15(19)14(23-16)13(22)9-2-1-3-11(18)8-9/h1-8H,19H2,(H,20,21). The number of thiazole rings is 1. The fourth-order valence-electron chi connectivity index (χ4n) is 1.97. The molecule has 0 aliphatic rings. The molecule has 3 rings (SSSR count). The van der Waals surface area contributed by atoms with Crippen LogP contribution in [0.3, 0.4) is 0 Å². The van der Waals surface area contributed by atoms with Gasteiger partial charge in [-0.1, -0.05) is 23.5 Å². The van der Waals surface area contributed by atoms with E-state index in [4.69, 9.17) is 5.73 Å². The summed E-state index contributed by atoms with van der Waals surface area (Å²) in [4.78, 5) is 16.7. The molecule has 1 aromatic heterocycles. The van der Waals surface area contributed by atoms with Crippen molar-refractivity contribution in [1.82, 2.24) is 4.98 Å². The van der Waals surface area contributed by atoms with Gasteiger partial charge in [0.25, 0.3) is 0 Å². The minimum Gasteiger partial charge on any atom is -0.382 e. The Balaban J connectivity index is 1.86. The van der Waals surface area contributed by atoms with Gasteiger partial charge in [-0.15, -0.1) is 0 Å². The van der Waals surface area contributed by atoms with Gasteiger partial charge in [-0.05, 0) is 36.4 Å². The monoisotopic (exact) mass is 331 g/mol. The van der Waals surface area contributed by atoms with E-state index in [9.17, 15) is 13.6 Å². The van der Waals surface area contributed by atoms with Crippen LogP contribution in [0.15, 0.2) is 48.5 Å². The van der Waals surface area contributed by atoms with Crippen molar-refractivity contribution in [3.63, 3.8) is 0 Å². The third-order valence-corrected chi connectivity index (χ3v) is 4.03. The second kappa shape index (κ2) is 6.13. The smallest absolute Gasteiger partial charge is 0.206 e. The van der Waals surface area contributed by atoms with E-state index >= 15 is 0 Å². The van der Waals surface area contributed by atoms with E-state index < -0.39 is 11.6 Å². The fourth-order valence-corrected chi connectivity index (χ4v) is 2.83. The molecule has 0 fully saturated rings. The number of nitrogen functional groups attached to an aromatic ring is 1. The molecule has 0 bridgehead atoms. The lowest BCUT2D eigenvalue weighted by Gasteiger charge is -2.01. The number of nitrogens with zero attached hydrogens (tertiary/aromatic N) is 1. The number of benzene rings is 2. The number of hydrogen-bond donors (Lipinski definition) is 2. The zero-order chi connectivity index (χ0) is 16.4. The van der Waals surface area contributed by atoms with Crippen molar-refractivity contribution in [3.05, 3.63) is 70.6 Å². The Morgan fingerprint density at radius 3 is 2.52 bits per heavy atom. The van der Waals surface area contributed by atoms with Crippen molar-refractivity contribution in [2.24, 2.45) is 0 Å². The van der Waals surface area contributed by atoms with Gasteiger partial charge in [0.15, 0.2) is 5.13 Å². The Hall–Kier alpha value is -2.80. The van der Waals surface area contributed by atoms with Crippen LogP contribution in [0.1, 0.15) is 15.2 Å². The maximum absolute atomic E-state index is 13.2. The Morgan fingerprint density at radius 1 is 1.09 bits per heavy atom. The normalized spacial score (nSPS) is 10.5. The third-order valence-electron chi connectivity index (χ3n) is 3.04. The lowest BCUT2D eigenvalue weighted by molar-refractivity contribution is 0.104. The predicted molar refractivity (Wildman–Crippen MR) is 86.0 cm³/mol. The molecular formula is C16H11F2N3OS. The summed E-state index contributed by atoms with van der Waals surface area (Å²) < 4.78 is 26.1. The lowest BCUT2D eigenvalue weighted by atomic mass is 10.1. The molecule has 0 radical (unpaired) electrons. The summed E-state index contributed by atoms with van der Waals surface area (Å²) in [6.07, 6.45) is 0. The molecule has 0 aliphatic carbocycles. The zero-order valence-electron chi connectivity index (χ0n) is 11.7. The molecule has 0 saturated heterocycles. The number of carbonyl (C=O) groups is 1. The van der Waals surface area contributed by atoms with Crippen molar-refractivity contribution in [3.8, 4) is 0 Å². The van der Waals surface area contributed by atoms with Gasteiger partial charge in [0.1, 0.15) is 22.3 Å². The molecule has 2 aromatic carbocycles. The highest BCUT2D eigenvalue weighted by molar-refractivity contribution is 7.18. The molecule has 116 valence electrons. The van der Waals surface area contributed by atoms with E-state index in [1.807, 2.05) is 0 Å². The van der Waals surface area contributed by atoms with Crippen molar-refractivity contribution in [1.29, 1.82) is 0 Å². The van der Waals surface area contributed by atoms with E-state index in [1.54, 1.807) is 12.1 Å². The van der Waals surface area contributed by atoms with Crippen LogP contribution < -0.4 is 11.1 Å². The Morgan fingerprint density at radius 2 is 1.83 bits per heavy atom. The van der Waals surface area contributed by atoms with Crippen LogP contribution in [0.4, 0.5) is 25.4 Å². The van der Waals surface area contributed by atoms with Crippen molar-refractivity contribution in [2.45, 2.75) is 0 Å². The molecule has 3 N–H and O–H groups in total. The number of halogens is 2. The first kappa shape index (κ1) is 15.1. The summed E-state index contributed by atoms with van der Waals surface area (Å²) in [5, 5.41) is 3.34. The summed E-state index contributed by atoms with van der Waals surface area (Å²) in [5.41, 5.74) is 6.60. The first-order valence-corrected chi connectivity index (χ1v) is 7.44. The number of rotatable bonds is 4. The second-order valence-electron chi connectivity index (χ2n) is 4.70. The van der Waals surface area contributed by atoms with Crippen LogP contribution in [0.5, 0.6) is 0 Å². The minimum absolute atomic E-state index is 0.0638. The molecule has 4 nitrogen and oxygen atoms in total. The summed E-state index contributed by atoms with van der Waals surface area (Å²) in [7, 11) is 0. The van der Waals surface area contributed by atoms with Gasteiger partial charge in [-0.3, -0.25) is 4.79 Å². The average Bonchev–Trinajstić information content (AvgIpc) is 2.89. The molecule has 23 heavy (non-hydrogen) atoms. The zero-order valence-corrected chi connectivity index (χ0v) is 12.5. The largest absolute Gasteiger partial charge is 0.382 e. The number of nitrogens with two attached hydrogens (primary N) is 1. The van der Waals surface area contributed by atoms with Crippen LogP contribution in [-0.2, 0) is 0 Å². The number of carbonyl (C=O) groups excluding carboxylic acids is 1. The molecule has 0 aliphatic heterocycles. The van der Waals surface area contributed by atoms with Crippen LogP contribution >= 0.6 is 11.3 Å². The molecule has 0 atom stereocenters. The van der Waals surface area contributed by atoms with Crippen molar-refractivity contribution < 1.29 is 13.6 Å². The van der Waals surface area contributed by atoms with Gasteiger partial charge in [-0.2, -0.15) is 0 Å². The predicted octanol–water partition coefficient (Wildman–Crippen LogP) is 3.98. The highest BCUT2D eigenvalue weighted by atomic mass is 32.1. The van der Waals surface area contributed by atoms with E-state index in [-0.39, 0.29) is 22.1 Å². The highest BCUT2D eigenvalue weighted by Crippen LogP contribution is 2.29. The lowest BCUT2D eigenvalue weighted by Crippen LogP contribution is -2.02. The fraction of sp³-hybridized carbons (Fsp3) is 0. The van der Waals surface area contributed by atoms with Crippen molar-refractivity contribution >= 4 is 33.8 Å². The van der Waals surface area contributed by atoms with Crippen molar-refractivity contribution in [2.75, 3.05) is 11.1 Å². The number of hydrogen-bond acceptors (Lipinski definition) is 5. The van der Waals surface area contributed by atoms with E-state index in [0.717, 1.165) is 17.4 Å². The summed E-state index contributed by atoms with van der Waals surface area (Å²) in [6, 6.07) is 11.1. The molecule has 0 spiro atoms. The van der Waals surface area contributed by atoms with Crippen LogP contribution in [0.2, 0.25) is 0 Å². The van der Waals surface area contributed by atoms with Gasteiger partial charge < -0.3 is 11.1 Å². The summed E-state index contributed by atoms with van der Waals surface area (Å²) >= 11 is 1.05. The van der Waals surface area contributed by atoms with Crippen LogP contribution in [-0.4, -0.2) is 10.8 Å². The summed E-state index contributed by atoms with van der Waals surface area (Å²) in [5.74, 6) is -1.18. The number of ketones is 1. The second-order valence-corrected chi connectivity index (χ2v) is 5.70. The number of aromatic nitrogens is 1. The first-order valence-electron chi connectivity index (χ1n) is 6.62. The van der Waals surface area contributed by atoms with Gasteiger partial charge in [0.05, 0.1) is 0 Å². The van der Waals surface area contributed by atoms with Gasteiger partial charge in [-0.25, -0.2) is 13.8 Å². The summed E-state index contributed by atoms with van der Waals surface area (Å²) in [6.45, 7) is 0. The van der Waals surface area contributed by atoms with E-state index in [0.29, 0.717) is 10.8 Å². The molecule has 0 amide bonds. The first-order chi connectivity index (χ1) is 11.0. The average molecular weight is 331 g/mol. The SMILES string of the molecule is Nc1nc(Nc2ccc(F)cc2)sc1C(=O)c1cccc(F)c1. The van der Waals surface area contributed by atoms with E-state index in [2.05, 4.69) is 10.3 Å². The molecule has 0 saturated carbocycles. The molecular weight excluding hydrogens is 320 g/mol. The van der Waals surface area contributed by atoms with Gasteiger partial charge >= 0.3 is 0 Å². The highest BCUT2D eigenvalue weighted by Gasteiger charge is 2.18. The molecule has 0 unspecified atom stereocenters. The van der Waals surface area contributed by atoms with E-state index in [1.165, 1.54) is 30.3 Å². The number of anilines is 3. The maximum Gasteiger partial charge on any atom is 0.206 e.